The van der Waals surface area contributed by atoms with E-state index in [0.29, 0.717) is 12.4 Å². The van der Waals surface area contributed by atoms with E-state index < -0.39 is 0 Å². The minimum atomic E-state index is -0.296. The number of hydrogen-bond acceptors (Lipinski definition) is 5. The topological polar surface area (TPSA) is 71.5 Å². The van der Waals surface area contributed by atoms with Gasteiger partial charge in [0.15, 0.2) is 0 Å². The number of aromatic nitrogens is 1. The summed E-state index contributed by atoms with van der Waals surface area (Å²) < 4.78 is 10.3. The molecular formula is C14H19N3O3. The van der Waals surface area contributed by atoms with Gasteiger partial charge in [0.25, 0.3) is 0 Å². The van der Waals surface area contributed by atoms with Crippen LogP contribution in [0.15, 0.2) is 33.4 Å². The molecule has 0 saturated carbocycles. The van der Waals surface area contributed by atoms with Crippen molar-refractivity contribution in [2.45, 2.75) is 33.4 Å². The maximum atomic E-state index is 12.2. The Labute approximate surface area is 117 Å². The fourth-order valence-electron chi connectivity index (χ4n) is 1.94. The Morgan fingerprint density at radius 2 is 2.35 bits per heavy atom. The first-order valence-corrected chi connectivity index (χ1v) is 6.60. The Morgan fingerprint density at radius 1 is 1.55 bits per heavy atom. The van der Waals surface area contributed by atoms with Gasteiger partial charge in [-0.25, -0.2) is 0 Å². The van der Waals surface area contributed by atoms with Crippen LogP contribution in [0.25, 0.3) is 0 Å². The van der Waals surface area contributed by atoms with E-state index in [1.165, 1.54) is 0 Å². The zero-order chi connectivity index (χ0) is 14.5. The van der Waals surface area contributed by atoms with Gasteiger partial charge in [-0.1, -0.05) is 12.1 Å². The van der Waals surface area contributed by atoms with Crippen LogP contribution >= 0.6 is 0 Å². The van der Waals surface area contributed by atoms with E-state index in [0.717, 1.165) is 18.0 Å². The third-order valence-corrected chi connectivity index (χ3v) is 3.15. The normalized spacial score (nSPS) is 12.6. The predicted octanol–water partition coefficient (Wildman–Crippen LogP) is 2.43. The highest BCUT2D eigenvalue weighted by atomic mass is 16.5. The van der Waals surface area contributed by atoms with Crippen molar-refractivity contribution in [3.05, 3.63) is 35.9 Å². The molecule has 1 unspecified atom stereocenters. The highest BCUT2D eigenvalue weighted by molar-refractivity contribution is 5.93. The quantitative estimate of drug-likeness (QED) is 0.878. The Kier molecular flexibility index (Phi) is 4.57. The number of carbonyl (C=O) groups is 1. The number of amides is 1. The molecule has 0 radical (unpaired) electrons. The van der Waals surface area contributed by atoms with Gasteiger partial charge in [-0.05, 0) is 32.5 Å². The average Bonchev–Trinajstić information content (AvgIpc) is 3.07. The number of aryl methyl sites for hydroxylation is 1. The third kappa shape index (κ3) is 3.48. The largest absolute Gasteiger partial charge is 0.468 e. The molecule has 2 heterocycles. The van der Waals surface area contributed by atoms with Crippen molar-refractivity contribution in [1.82, 2.24) is 10.1 Å². The summed E-state index contributed by atoms with van der Waals surface area (Å²) in [4.78, 5) is 14.2. The molecule has 0 saturated heterocycles. The standard InChI is InChI=1S/C14H19N3O3/c1-4-17(9-12-6-5-7-19-12)11(3)14(18)15-13-8-10(2)16-20-13/h5-8,11H,4,9H2,1-3H3,(H,15,18). The van der Waals surface area contributed by atoms with Crippen LogP contribution in [0.1, 0.15) is 25.3 Å². The Hall–Kier alpha value is -2.08. The minimum absolute atomic E-state index is 0.130. The number of likely N-dealkylation sites (N-methyl/N-ethyl adjacent to an activating group) is 1. The van der Waals surface area contributed by atoms with Crippen LogP contribution in [0.4, 0.5) is 5.88 Å². The van der Waals surface area contributed by atoms with E-state index in [4.69, 9.17) is 8.94 Å². The number of anilines is 1. The Bertz CT molecular complexity index is 548. The van der Waals surface area contributed by atoms with Gasteiger partial charge in [0.2, 0.25) is 11.8 Å². The van der Waals surface area contributed by atoms with E-state index in [2.05, 4.69) is 10.5 Å². The molecule has 6 heteroatoms. The van der Waals surface area contributed by atoms with Gasteiger partial charge < -0.3 is 8.94 Å². The van der Waals surface area contributed by atoms with Crippen LogP contribution in [-0.4, -0.2) is 28.6 Å². The lowest BCUT2D eigenvalue weighted by atomic mass is 10.2. The molecule has 0 spiro atoms. The zero-order valence-corrected chi connectivity index (χ0v) is 11.9. The molecule has 0 aliphatic rings. The maximum absolute atomic E-state index is 12.2. The third-order valence-electron chi connectivity index (χ3n) is 3.15. The number of rotatable bonds is 6. The highest BCUT2D eigenvalue weighted by Crippen LogP contribution is 2.12. The summed E-state index contributed by atoms with van der Waals surface area (Å²) in [5.74, 6) is 1.07. The first-order valence-electron chi connectivity index (χ1n) is 6.60. The summed E-state index contributed by atoms with van der Waals surface area (Å²) in [6.07, 6.45) is 1.63. The molecule has 2 aromatic rings. The Morgan fingerprint density at radius 3 is 2.90 bits per heavy atom. The fourth-order valence-corrected chi connectivity index (χ4v) is 1.94. The second kappa shape index (κ2) is 6.38. The van der Waals surface area contributed by atoms with E-state index >= 15 is 0 Å². The van der Waals surface area contributed by atoms with Crippen LogP contribution in [0.2, 0.25) is 0 Å². The summed E-state index contributed by atoms with van der Waals surface area (Å²) in [5.41, 5.74) is 0.732. The van der Waals surface area contributed by atoms with Gasteiger partial charge >= 0.3 is 0 Å². The number of hydrogen-bond donors (Lipinski definition) is 1. The molecule has 1 atom stereocenters. The number of carbonyl (C=O) groups excluding carboxylic acids is 1. The van der Waals surface area contributed by atoms with Crippen molar-refractivity contribution in [2.24, 2.45) is 0 Å². The maximum Gasteiger partial charge on any atom is 0.243 e. The van der Waals surface area contributed by atoms with E-state index in [1.807, 2.05) is 30.9 Å². The molecular weight excluding hydrogens is 258 g/mol. The molecule has 20 heavy (non-hydrogen) atoms. The van der Waals surface area contributed by atoms with E-state index in [1.54, 1.807) is 19.3 Å². The lowest BCUT2D eigenvalue weighted by Crippen LogP contribution is -2.41. The van der Waals surface area contributed by atoms with Gasteiger partial charge in [0.05, 0.1) is 24.5 Å². The molecule has 0 aliphatic heterocycles. The fraction of sp³-hybridized carbons (Fsp3) is 0.429. The molecule has 0 fully saturated rings. The van der Waals surface area contributed by atoms with E-state index in [9.17, 15) is 4.79 Å². The average molecular weight is 277 g/mol. The molecule has 6 nitrogen and oxygen atoms in total. The summed E-state index contributed by atoms with van der Waals surface area (Å²) in [5, 5.41) is 6.45. The SMILES string of the molecule is CCN(Cc1ccco1)C(C)C(=O)Nc1cc(C)no1. The first-order chi connectivity index (χ1) is 9.60. The zero-order valence-electron chi connectivity index (χ0n) is 11.9. The minimum Gasteiger partial charge on any atom is -0.468 e. The molecule has 1 amide bonds. The van der Waals surface area contributed by atoms with Crippen molar-refractivity contribution < 1.29 is 13.7 Å². The van der Waals surface area contributed by atoms with Crippen molar-refractivity contribution in [2.75, 3.05) is 11.9 Å². The first kappa shape index (κ1) is 14.3. The summed E-state index contributed by atoms with van der Waals surface area (Å²) in [6, 6.07) is 5.13. The van der Waals surface area contributed by atoms with Crippen LogP contribution < -0.4 is 5.32 Å². The van der Waals surface area contributed by atoms with Crippen molar-refractivity contribution in [1.29, 1.82) is 0 Å². The van der Waals surface area contributed by atoms with Gasteiger partial charge in [0.1, 0.15) is 5.76 Å². The molecule has 2 aromatic heterocycles. The van der Waals surface area contributed by atoms with Crippen molar-refractivity contribution in [3.8, 4) is 0 Å². The molecule has 0 aliphatic carbocycles. The van der Waals surface area contributed by atoms with Crippen molar-refractivity contribution >= 4 is 11.8 Å². The smallest absolute Gasteiger partial charge is 0.243 e. The van der Waals surface area contributed by atoms with Crippen molar-refractivity contribution in [3.63, 3.8) is 0 Å². The summed E-state index contributed by atoms with van der Waals surface area (Å²) in [7, 11) is 0. The summed E-state index contributed by atoms with van der Waals surface area (Å²) in [6.45, 7) is 6.99. The van der Waals surface area contributed by atoms with Gasteiger partial charge in [-0.15, -0.1) is 0 Å². The molecule has 0 aromatic carbocycles. The summed E-state index contributed by atoms with van der Waals surface area (Å²) >= 11 is 0. The molecule has 2 rings (SSSR count). The van der Waals surface area contributed by atoms with Gasteiger partial charge in [0, 0.05) is 6.07 Å². The molecule has 1 N–H and O–H groups in total. The van der Waals surface area contributed by atoms with Crippen LogP contribution in [0, 0.1) is 6.92 Å². The highest BCUT2D eigenvalue weighted by Gasteiger charge is 2.22. The number of nitrogens with zero attached hydrogens (tertiary/aromatic N) is 2. The van der Waals surface area contributed by atoms with Crippen LogP contribution in [-0.2, 0) is 11.3 Å². The second-order valence-electron chi connectivity index (χ2n) is 4.64. The van der Waals surface area contributed by atoms with E-state index in [-0.39, 0.29) is 11.9 Å². The lowest BCUT2D eigenvalue weighted by molar-refractivity contribution is -0.121. The predicted molar refractivity (Wildman–Crippen MR) is 74.1 cm³/mol. The van der Waals surface area contributed by atoms with Gasteiger partial charge in [-0.3, -0.25) is 15.0 Å². The lowest BCUT2D eigenvalue weighted by Gasteiger charge is -2.25. The molecule has 108 valence electrons. The monoisotopic (exact) mass is 277 g/mol. The number of nitrogens with one attached hydrogen (secondary N) is 1. The van der Waals surface area contributed by atoms with Gasteiger partial charge in [-0.2, -0.15) is 0 Å². The Balaban J connectivity index is 1.96. The number of furan rings is 1. The van der Waals surface area contributed by atoms with Crippen LogP contribution in [0.3, 0.4) is 0 Å². The van der Waals surface area contributed by atoms with Crippen LogP contribution in [0.5, 0.6) is 0 Å². The molecule has 0 bridgehead atoms. The second-order valence-corrected chi connectivity index (χ2v) is 4.64.